The fourth-order valence-electron chi connectivity index (χ4n) is 2.69. The summed E-state index contributed by atoms with van der Waals surface area (Å²) in [6.07, 6.45) is 5.12. The molecule has 6 heteroatoms. The number of carboxylic acids is 1. The van der Waals surface area contributed by atoms with Crippen LogP contribution in [0.15, 0.2) is 12.3 Å². The summed E-state index contributed by atoms with van der Waals surface area (Å²) in [6.45, 7) is 0.503. The number of halogens is 1. The minimum atomic E-state index is -0.929. The Kier molecular flexibility index (Phi) is 3.01. The highest BCUT2D eigenvalue weighted by Crippen LogP contribution is 2.38. The molecule has 1 saturated carbocycles. The minimum absolute atomic E-state index is 0.219. The molecular formula is C13H15ClN2O3. The molecule has 1 unspecified atom stereocenters. The summed E-state index contributed by atoms with van der Waals surface area (Å²) in [7, 11) is 0. The first-order valence-corrected chi connectivity index (χ1v) is 6.87. The molecule has 1 aliphatic heterocycles. The number of hydrogen-bond donors (Lipinski definition) is 1. The lowest BCUT2D eigenvalue weighted by molar-refractivity contribution is -0.141. The molecule has 0 bridgehead atoms. The van der Waals surface area contributed by atoms with Gasteiger partial charge in [0.1, 0.15) is 11.7 Å². The van der Waals surface area contributed by atoms with E-state index in [-0.39, 0.29) is 5.91 Å². The Morgan fingerprint density at radius 2 is 2.05 bits per heavy atom. The maximum Gasteiger partial charge on any atom is 0.326 e. The predicted molar refractivity (Wildman–Crippen MR) is 69.4 cm³/mol. The molecule has 1 amide bonds. The molecule has 19 heavy (non-hydrogen) atoms. The summed E-state index contributed by atoms with van der Waals surface area (Å²) in [5.41, 5.74) is 0.514. The third-order valence-electron chi connectivity index (χ3n) is 3.77. The van der Waals surface area contributed by atoms with Crippen molar-refractivity contribution in [3.63, 3.8) is 0 Å². The van der Waals surface area contributed by atoms with E-state index in [9.17, 15) is 9.59 Å². The Morgan fingerprint density at radius 3 is 2.68 bits per heavy atom. The van der Waals surface area contributed by atoms with Gasteiger partial charge < -0.3 is 14.6 Å². The van der Waals surface area contributed by atoms with Crippen LogP contribution in [-0.2, 0) is 4.79 Å². The molecule has 5 nitrogen and oxygen atoms in total. The van der Waals surface area contributed by atoms with Crippen LogP contribution in [0.1, 0.15) is 42.2 Å². The molecule has 0 spiro atoms. The molecule has 1 N–H and O–H groups in total. The van der Waals surface area contributed by atoms with Gasteiger partial charge >= 0.3 is 5.97 Å². The lowest BCUT2D eigenvalue weighted by Gasteiger charge is -2.22. The van der Waals surface area contributed by atoms with Crippen molar-refractivity contribution >= 4 is 23.5 Å². The third-order valence-corrected chi connectivity index (χ3v) is 3.98. The second-order valence-corrected chi connectivity index (χ2v) is 5.61. The van der Waals surface area contributed by atoms with Crippen LogP contribution in [-0.4, -0.2) is 39.0 Å². The Labute approximate surface area is 115 Å². The van der Waals surface area contributed by atoms with Crippen LogP contribution in [0, 0.1) is 0 Å². The molecule has 0 aromatic carbocycles. The summed E-state index contributed by atoms with van der Waals surface area (Å²) < 4.78 is 1.89. The number of aromatic nitrogens is 1. The second kappa shape index (κ2) is 4.56. The summed E-state index contributed by atoms with van der Waals surface area (Å²) in [4.78, 5) is 25.1. The monoisotopic (exact) mass is 282 g/mol. The van der Waals surface area contributed by atoms with Gasteiger partial charge in [0.2, 0.25) is 0 Å². The molecular weight excluding hydrogens is 268 g/mol. The van der Waals surface area contributed by atoms with Gasteiger partial charge in [-0.2, -0.15) is 0 Å². The van der Waals surface area contributed by atoms with Crippen LogP contribution in [0.4, 0.5) is 0 Å². The van der Waals surface area contributed by atoms with E-state index in [1.165, 1.54) is 4.90 Å². The Balaban J connectivity index is 1.89. The largest absolute Gasteiger partial charge is 0.480 e. The molecule has 2 heterocycles. The van der Waals surface area contributed by atoms with Gasteiger partial charge in [0.05, 0.1) is 5.02 Å². The molecule has 1 aromatic heterocycles. The number of carbonyl (C=O) groups excluding carboxylic acids is 1. The number of carboxylic acid groups (broad SMARTS) is 1. The van der Waals surface area contributed by atoms with E-state index in [0.29, 0.717) is 29.7 Å². The topological polar surface area (TPSA) is 62.5 Å². The van der Waals surface area contributed by atoms with Crippen molar-refractivity contribution in [2.45, 2.75) is 37.8 Å². The first-order valence-electron chi connectivity index (χ1n) is 6.49. The van der Waals surface area contributed by atoms with Crippen molar-refractivity contribution in [2.24, 2.45) is 0 Å². The van der Waals surface area contributed by atoms with E-state index in [4.69, 9.17) is 16.7 Å². The molecule has 3 rings (SSSR count). The SMILES string of the molecule is O=C(O)C1CCCN1C(=O)c1cc(Cl)cn1C1CC1. The van der Waals surface area contributed by atoms with Crippen LogP contribution in [0.3, 0.4) is 0 Å². The maximum absolute atomic E-state index is 12.5. The molecule has 1 atom stereocenters. The van der Waals surface area contributed by atoms with E-state index < -0.39 is 12.0 Å². The fourth-order valence-corrected chi connectivity index (χ4v) is 2.89. The first-order chi connectivity index (χ1) is 9.08. The van der Waals surface area contributed by atoms with E-state index in [1.54, 1.807) is 12.3 Å². The number of likely N-dealkylation sites (tertiary alicyclic amines) is 1. The Hall–Kier alpha value is -1.49. The summed E-state index contributed by atoms with van der Waals surface area (Å²) in [5, 5.41) is 9.68. The lowest BCUT2D eigenvalue weighted by Crippen LogP contribution is -2.41. The number of amides is 1. The highest BCUT2D eigenvalue weighted by molar-refractivity contribution is 6.31. The highest BCUT2D eigenvalue weighted by atomic mass is 35.5. The lowest BCUT2D eigenvalue weighted by atomic mass is 10.2. The van der Waals surface area contributed by atoms with Crippen LogP contribution in [0.25, 0.3) is 0 Å². The maximum atomic E-state index is 12.5. The van der Waals surface area contributed by atoms with Crippen LogP contribution < -0.4 is 0 Å². The van der Waals surface area contributed by atoms with E-state index in [1.807, 2.05) is 4.57 Å². The second-order valence-electron chi connectivity index (χ2n) is 5.18. The molecule has 1 aliphatic carbocycles. The van der Waals surface area contributed by atoms with Gasteiger partial charge in [-0.3, -0.25) is 4.79 Å². The van der Waals surface area contributed by atoms with Gasteiger partial charge in [0, 0.05) is 18.8 Å². The van der Waals surface area contributed by atoms with Crippen molar-refractivity contribution in [1.29, 1.82) is 0 Å². The van der Waals surface area contributed by atoms with Gasteiger partial charge in [-0.1, -0.05) is 11.6 Å². The third kappa shape index (κ3) is 2.23. The van der Waals surface area contributed by atoms with Gasteiger partial charge in [-0.15, -0.1) is 0 Å². The van der Waals surface area contributed by atoms with Gasteiger partial charge in [-0.25, -0.2) is 4.79 Å². The van der Waals surface area contributed by atoms with E-state index >= 15 is 0 Å². The average Bonchev–Trinajstić information content (AvgIpc) is 2.95. The van der Waals surface area contributed by atoms with Gasteiger partial charge in [0.15, 0.2) is 0 Å². The van der Waals surface area contributed by atoms with Crippen molar-refractivity contribution in [3.05, 3.63) is 23.0 Å². The van der Waals surface area contributed by atoms with Crippen molar-refractivity contribution in [1.82, 2.24) is 9.47 Å². The first kappa shape index (κ1) is 12.5. The summed E-state index contributed by atoms with van der Waals surface area (Å²) in [5.74, 6) is -1.15. The number of rotatable bonds is 3. The average molecular weight is 283 g/mol. The normalized spacial score (nSPS) is 22.8. The molecule has 1 saturated heterocycles. The standard InChI is InChI=1S/C13H15ClN2O3/c14-8-6-11(16(7-8)9-3-4-9)12(17)15-5-1-2-10(15)13(18)19/h6-7,9-10H,1-5H2,(H,18,19). The number of hydrogen-bond acceptors (Lipinski definition) is 2. The van der Waals surface area contributed by atoms with Crippen LogP contribution in [0.5, 0.6) is 0 Å². The van der Waals surface area contributed by atoms with Crippen molar-refractivity contribution < 1.29 is 14.7 Å². The number of carbonyl (C=O) groups is 2. The summed E-state index contributed by atoms with van der Waals surface area (Å²) >= 11 is 5.98. The molecule has 2 fully saturated rings. The quantitative estimate of drug-likeness (QED) is 0.924. The zero-order chi connectivity index (χ0) is 13.6. The highest BCUT2D eigenvalue weighted by Gasteiger charge is 2.37. The molecule has 102 valence electrons. The van der Waals surface area contributed by atoms with Crippen LogP contribution >= 0.6 is 11.6 Å². The number of aliphatic carboxylic acids is 1. The fraction of sp³-hybridized carbons (Fsp3) is 0.538. The zero-order valence-corrected chi connectivity index (χ0v) is 11.1. The van der Waals surface area contributed by atoms with Crippen molar-refractivity contribution in [2.75, 3.05) is 6.54 Å². The van der Waals surface area contributed by atoms with Gasteiger partial charge in [0.25, 0.3) is 5.91 Å². The van der Waals surface area contributed by atoms with Crippen molar-refractivity contribution in [3.8, 4) is 0 Å². The minimum Gasteiger partial charge on any atom is -0.480 e. The van der Waals surface area contributed by atoms with E-state index in [2.05, 4.69) is 0 Å². The number of nitrogens with zero attached hydrogens (tertiary/aromatic N) is 2. The van der Waals surface area contributed by atoms with Crippen LogP contribution in [0.2, 0.25) is 5.02 Å². The smallest absolute Gasteiger partial charge is 0.326 e. The molecule has 2 aliphatic rings. The van der Waals surface area contributed by atoms with E-state index in [0.717, 1.165) is 19.3 Å². The summed E-state index contributed by atoms with van der Waals surface area (Å²) in [6, 6.07) is 1.28. The molecule has 1 aromatic rings. The zero-order valence-electron chi connectivity index (χ0n) is 10.4. The Bertz CT molecular complexity index is 536. The Morgan fingerprint density at radius 1 is 1.32 bits per heavy atom. The predicted octanol–water partition coefficient (Wildman–Crippen LogP) is 2.17. The molecule has 0 radical (unpaired) electrons. The van der Waals surface area contributed by atoms with Gasteiger partial charge in [-0.05, 0) is 31.7 Å².